The summed E-state index contributed by atoms with van der Waals surface area (Å²) in [6, 6.07) is 5.12. The molecule has 6 heteroatoms. The Hall–Kier alpha value is -1.66. The number of hydrazine groups is 1. The number of carbonyl (C=O) groups excluding carboxylic acids is 1. The summed E-state index contributed by atoms with van der Waals surface area (Å²) in [5.41, 5.74) is 2.80. The molecule has 0 saturated heterocycles. The molecule has 0 aliphatic heterocycles. The Morgan fingerprint density at radius 2 is 2.33 bits per heavy atom. The number of aromatic nitrogens is 1. The fourth-order valence-corrected chi connectivity index (χ4v) is 1.77. The summed E-state index contributed by atoms with van der Waals surface area (Å²) >= 11 is 0. The van der Waals surface area contributed by atoms with Crippen molar-refractivity contribution in [2.24, 2.45) is 5.84 Å². The molecule has 1 unspecified atom stereocenters. The lowest BCUT2D eigenvalue weighted by Gasteiger charge is -2.27. The smallest absolute Gasteiger partial charge is 0.272 e. The molecular weight excluding hydrogens is 232 g/mol. The molecule has 1 aromatic rings. The van der Waals surface area contributed by atoms with Gasteiger partial charge in [-0.05, 0) is 26.0 Å². The fourth-order valence-electron chi connectivity index (χ4n) is 1.77. The molecule has 0 bridgehead atoms. The van der Waals surface area contributed by atoms with Crippen LogP contribution in [0.5, 0.6) is 0 Å². The van der Waals surface area contributed by atoms with Gasteiger partial charge in [0.05, 0.1) is 12.6 Å². The molecule has 0 saturated carbocycles. The van der Waals surface area contributed by atoms with E-state index in [4.69, 9.17) is 10.6 Å². The van der Waals surface area contributed by atoms with Crippen LogP contribution in [-0.4, -0.2) is 42.1 Å². The number of anilines is 1. The van der Waals surface area contributed by atoms with Gasteiger partial charge >= 0.3 is 0 Å². The van der Waals surface area contributed by atoms with Crippen LogP contribution in [-0.2, 0) is 4.74 Å². The molecule has 0 fully saturated rings. The lowest BCUT2D eigenvalue weighted by molar-refractivity contribution is 0.0574. The number of nitrogens with zero attached hydrogens (tertiary/aromatic N) is 2. The third kappa shape index (κ3) is 3.41. The summed E-state index contributed by atoms with van der Waals surface area (Å²) in [6.45, 7) is 4.96. The first-order valence-electron chi connectivity index (χ1n) is 5.87. The van der Waals surface area contributed by atoms with Gasteiger partial charge < -0.3 is 15.1 Å². The van der Waals surface area contributed by atoms with E-state index in [9.17, 15) is 4.79 Å². The predicted octanol–water partition coefficient (Wildman–Crippen LogP) is 0.864. The zero-order chi connectivity index (χ0) is 13.5. The van der Waals surface area contributed by atoms with Gasteiger partial charge in [0, 0.05) is 13.7 Å². The highest BCUT2D eigenvalue weighted by atomic mass is 16.5. The number of carbonyl (C=O) groups is 1. The van der Waals surface area contributed by atoms with E-state index in [-0.39, 0.29) is 11.9 Å². The van der Waals surface area contributed by atoms with Crippen molar-refractivity contribution >= 4 is 11.7 Å². The summed E-state index contributed by atoms with van der Waals surface area (Å²) < 4.78 is 5.07. The zero-order valence-corrected chi connectivity index (χ0v) is 11.0. The highest BCUT2D eigenvalue weighted by molar-refractivity contribution is 5.92. The number of hydrogen-bond acceptors (Lipinski definition) is 5. The zero-order valence-electron chi connectivity index (χ0n) is 11.0. The lowest BCUT2D eigenvalue weighted by Crippen LogP contribution is -2.41. The van der Waals surface area contributed by atoms with E-state index in [1.165, 1.54) is 0 Å². The molecule has 0 aromatic carbocycles. The summed E-state index contributed by atoms with van der Waals surface area (Å²) in [5, 5.41) is 0. The summed E-state index contributed by atoms with van der Waals surface area (Å²) in [4.78, 5) is 18.1. The summed E-state index contributed by atoms with van der Waals surface area (Å²) in [7, 11) is 1.62. The molecule has 0 spiro atoms. The number of ether oxygens (including phenoxy) is 1. The van der Waals surface area contributed by atoms with Crippen molar-refractivity contribution in [1.29, 1.82) is 0 Å². The van der Waals surface area contributed by atoms with E-state index >= 15 is 0 Å². The molecule has 1 atom stereocenters. The average molecular weight is 252 g/mol. The SMILES string of the molecule is CCN(C(=O)c1cccc(NN)n1)C(C)COC. The molecule has 0 radical (unpaired) electrons. The van der Waals surface area contributed by atoms with Crippen LogP contribution in [0.25, 0.3) is 0 Å². The average Bonchev–Trinajstić information content (AvgIpc) is 2.40. The molecule has 6 nitrogen and oxygen atoms in total. The number of likely N-dealkylation sites (N-methyl/N-ethyl adjacent to an activating group) is 1. The third-order valence-electron chi connectivity index (χ3n) is 2.66. The Balaban J connectivity index is 2.88. The van der Waals surface area contributed by atoms with Gasteiger partial charge in [0.1, 0.15) is 11.5 Å². The molecule has 0 aliphatic rings. The molecule has 100 valence electrons. The van der Waals surface area contributed by atoms with E-state index in [2.05, 4.69) is 10.4 Å². The molecule has 0 aliphatic carbocycles. The maximum Gasteiger partial charge on any atom is 0.272 e. The highest BCUT2D eigenvalue weighted by Gasteiger charge is 2.21. The number of nitrogen functional groups attached to an aromatic ring is 1. The number of amides is 1. The number of hydrogen-bond donors (Lipinski definition) is 2. The van der Waals surface area contributed by atoms with Crippen LogP contribution in [0, 0.1) is 0 Å². The molecule has 1 amide bonds. The Morgan fingerprint density at radius 1 is 1.61 bits per heavy atom. The minimum atomic E-state index is -0.126. The van der Waals surface area contributed by atoms with Crippen LogP contribution < -0.4 is 11.3 Å². The Morgan fingerprint density at radius 3 is 2.89 bits per heavy atom. The van der Waals surface area contributed by atoms with Gasteiger partial charge in [0.25, 0.3) is 5.91 Å². The van der Waals surface area contributed by atoms with Crippen molar-refractivity contribution in [2.75, 3.05) is 25.7 Å². The van der Waals surface area contributed by atoms with E-state index in [0.717, 1.165) is 0 Å². The third-order valence-corrected chi connectivity index (χ3v) is 2.66. The monoisotopic (exact) mass is 252 g/mol. The van der Waals surface area contributed by atoms with Crippen LogP contribution in [0.2, 0.25) is 0 Å². The maximum absolute atomic E-state index is 12.3. The second-order valence-electron chi connectivity index (χ2n) is 3.95. The first-order valence-corrected chi connectivity index (χ1v) is 5.87. The minimum Gasteiger partial charge on any atom is -0.383 e. The maximum atomic E-state index is 12.3. The quantitative estimate of drug-likeness (QED) is 0.580. The number of nitrogens with two attached hydrogens (primary N) is 1. The number of rotatable bonds is 6. The van der Waals surface area contributed by atoms with Crippen LogP contribution >= 0.6 is 0 Å². The Kier molecular flexibility index (Phi) is 5.54. The van der Waals surface area contributed by atoms with Crippen molar-refractivity contribution in [1.82, 2.24) is 9.88 Å². The summed E-state index contributed by atoms with van der Waals surface area (Å²) in [5.74, 6) is 5.62. The molecule has 1 aromatic heterocycles. The Labute approximate surface area is 107 Å². The first-order chi connectivity index (χ1) is 8.63. The lowest BCUT2D eigenvalue weighted by atomic mass is 10.2. The molecular formula is C12H20N4O2. The molecule has 1 heterocycles. The Bertz CT molecular complexity index is 397. The van der Waals surface area contributed by atoms with Crippen LogP contribution in [0.1, 0.15) is 24.3 Å². The number of methoxy groups -OCH3 is 1. The summed E-state index contributed by atoms with van der Waals surface area (Å²) in [6.07, 6.45) is 0. The van der Waals surface area contributed by atoms with E-state index in [0.29, 0.717) is 24.7 Å². The second-order valence-corrected chi connectivity index (χ2v) is 3.95. The normalized spacial score (nSPS) is 12.0. The van der Waals surface area contributed by atoms with E-state index < -0.39 is 0 Å². The van der Waals surface area contributed by atoms with Crippen molar-refractivity contribution in [3.63, 3.8) is 0 Å². The minimum absolute atomic E-state index is 0.00351. The predicted molar refractivity (Wildman–Crippen MR) is 70.1 cm³/mol. The van der Waals surface area contributed by atoms with Gasteiger partial charge in [0.2, 0.25) is 0 Å². The standard InChI is InChI=1S/C12H20N4O2/c1-4-16(9(2)8-18-3)12(17)10-6-5-7-11(14-10)15-13/h5-7,9H,4,8,13H2,1-3H3,(H,14,15). The van der Waals surface area contributed by atoms with E-state index in [1.807, 2.05) is 13.8 Å². The number of pyridine rings is 1. The highest BCUT2D eigenvalue weighted by Crippen LogP contribution is 2.09. The van der Waals surface area contributed by atoms with Crippen molar-refractivity contribution in [3.05, 3.63) is 23.9 Å². The van der Waals surface area contributed by atoms with Gasteiger partial charge in [0.15, 0.2) is 0 Å². The number of nitrogens with one attached hydrogen (secondary N) is 1. The largest absolute Gasteiger partial charge is 0.383 e. The molecule has 1 rings (SSSR count). The first kappa shape index (κ1) is 14.4. The molecule has 18 heavy (non-hydrogen) atoms. The van der Waals surface area contributed by atoms with Crippen LogP contribution in [0.4, 0.5) is 5.82 Å². The molecule has 3 N–H and O–H groups in total. The fraction of sp³-hybridized carbons (Fsp3) is 0.500. The van der Waals surface area contributed by atoms with Crippen molar-refractivity contribution < 1.29 is 9.53 Å². The van der Waals surface area contributed by atoms with Crippen molar-refractivity contribution in [2.45, 2.75) is 19.9 Å². The van der Waals surface area contributed by atoms with Gasteiger partial charge in [-0.1, -0.05) is 6.07 Å². The van der Waals surface area contributed by atoms with E-state index in [1.54, 1.807) is 30.2 Å². The van der Waals surface area contributed by atoms with Crippen molar-refractivity contribution in [3.8, 4) is 0 Å². The van der Waals surface area contributed by atoms with Gasteiger partial charge in [-0.25, -0.2) is 10.8 Å². The van der Waals surface area contributed by atoms with Gasteiger partial charge in [-0.15, -0.1) is 0 Å². The van der Waals surface area contributed by atoms with Gasteiger partial charge in [-0.2, -0.15) is 0 Å². The van der Waals surface area contributed by atoms with Crippen LogP contribution in [0.3, 0.4) is 0 Å². The van der Waals surface area contributed by atoms with Crippen LogP contribution in [0.15, 0.2) is 18.2 Å². The van der Waals surface area contributed by atoms with Gasteiger partial charge in [-0.3, -0.25) is 4.79 Å². The second kappa shape index (κ2) is 6.93. The topological polar surface area (TPSA) is 80.5 Å².